The molecule has 0 saturated carbocycles. The first kappa shape index (κ1) is 41.2. The van der Waals surface area contributed by atoms with Gasteiger partial charge < -0.3 is 14.8 Å². The Morgan fingerprint density at radius 1 is 0.812 bits per heavy atom. The van der Waals surface area contributed by atoms with Crippen LogP contribution < -0.4 is 4.74 Å². The zero-order valence-corrected chi connectivity index (χ0v) is 33.9. The number of aromatic nitrogens is 1. The fourth-order valence-electron chi connectivity index (χ4n) is 6.87. The summed E-state index contributed by atoms with van der Waals surface area (Å²) in [5.41, 5.74) is 4.50. The van der Waals surface area contributed by atoms with Gasteiger partial charge in [-0.05, 0) is 63.1 Å². The van der Waals surface area contributed by atoms with Crippen LogP contribution in [0.3, 0.4) is 0 Å². The number of aliphatic hydroxyl groups excluding tert-OH is 1. The number of carbonyl (C=O) groups is 1. The molecule has 0 aliphatic heterocycles. The first-order valence-corrected chi connectivity index (χ1v) is 17.3. The molecule has 0 atom stereocenters. The average Bonchev–Trinajstić information content (AvgIpc) is 2.94. The third kappa shape index (κ3) is 10.7. The van der Waals surface area contributed by atoms with Crippen LogP contribution in [0.4, 0.5) is 0 Å². The summed E-state index contributed by atoms with van der Waals surface area (Å²) >= 11 is 0. The molecule has 1 radical (unpaired) electrons. The van der Waals surface area contributed by atoms with E-state index in [0.717, 1.165) is 33.3 Å². The number of rotatable bonds is 10. The summed E-state index contributed by atoms with van der Waals surface area (Å²) < 4.78 is 6.16. The van der Waals surface area contributed by atoms with Crippen molar-refractivity contribution >= 4 is 27.3 Å². The number of aliphatic hydroxyl groups is 1. The van der Waals surface area contributed by atoms with E-state index in [1.807, 2.05) is 6.20 Å². The van der Waals surface area contributed by atoms with Gasteiger partial charge in [-0.3, -0.25) is 4.79 Å². The molecule has 0 unspecified atom stereocenters. The van der Waals surface area contributed by atoms with Crippen molar-refractivity contribution in [1.29, 1.82) is 0 Å². The maximum atomic E-state index is 12.3. The summed E-state index contributed by atoms with van der Waals surface area (Å²) in [6.45, 7) is 28.0. The van der Waals surface area contributed by atoms with E-state index in [4.69, 9.17) is 9.72 Å². The van der Waals surface area contributed by atoms with Crippen LogP contribution in [0.15, 0.2) is 66.6 Å². The number of hydrogen-bond acceptors (Lipinski definition) is 4. The van der Waals surface area contributed by atoms with Crippen LogP contribution >= 0.6 is 0 Å². The van der Waals surface area contributed by atoms with E-state index in [2.05, 4.69) is 145 Å². The zero-order valence-electron chi connectivity index (χ0n) is 31.5. The molecule has 0 fully saturated rings. The minimum atomic E-state index is -0.0119. The predicted molar refractivity (Wildman–Crippen MR) is 200 cm³/mol. The number of nitrogens with zero attached hydrogens (tertiary/aromatic N) is 1. The van der Waals surface area contributed by atoms with E-state index in [1.54, 1.807) is 0 Å². The standard InChI is InChI=1S/C26H26NO.C17H32O2.Ir/c1-17-13-18(2)15-19(14-17)25-23-10-9-22-20(21(23)11-12-27-25)7-6-8-24(22)28-16-26(3,4)5;1-10(2)16(11(3)4)14(18)9-15(19)17(12(5)6)13(7)8;/h6-14H,16H2,1-5H3;9-13,16-18H,1-8H3;/q-1;;/b;14-9-;. The number of ketones is 1. The topological polar surface area (TPSA) is 59.4 Å². The number of hydrogen-bond donors (Lipinski definition) is 1. The second-order valence-corrected chi connectivity index (χ2v) is 15.8. The third-order valence-corrected chi connectivity index (χ3v) is 8.66. The number of allylic oxidation sites excluding steroid dienone is 2. The molecule has 0 amide bonds. The molecule has 0 aliphatic carbocycles. The van der Waals surface area contributed by atoms with Gasteiger partial charge in [0.1, 0.15) is 5.75 Å². The van der Waals surface area contributed by atoms with E-state index >= 15 is 0 Å². The number of fused-ring (bicyclic) bond motifs is 3. The molecule has 1 N–H and O–H groups in total. The van der Waals surface area contributed by atoms with E-state index in [9.17, 15) is 9.90 Å². The van der Waals surface area contributed by atoms with Crippen molar-refractivity contribution in [2.24, 2.45) is 40.9 Å². The maximum Gasteiger partial charge on any atom is 0.162 e. The number of benzene rings is 3. The van der Waals surface area contributed by atoms with Crippen molar-refractivity contribution in [3.63, 3.8) is 0 Å². The average molecular weight is 829 g/mol. The summed E-state index contributed by atoms with van der Waals surface area (Å²) in [6.07, 6.45) is 3.38. The normalized spacial score (nSPS) is 12.4. The van der Waals surface area contributed by atoms with E-state index in [-0.39, 0.29) is 48.9 Å². The fraction of sp³-hybridized carbons (Fsp3) is 0.488. The molecule has 5 heteroatoms. The van der Waals surface area contributed by atoms with Crippen molar-refractivity contribution in [3.8, 4) is 17.0 Å². The smallest absolute Gasteiger partial charge is 0.162 e. The van der Waals surface area contributed by atoms with Crippen LogP contribution in [0.25, 0.3) is 32.8 Å². The van der Waals surface area contributed by atoms with Gasteiger partial charge in [-0.1, -0.05) is 114 Å². The first-order chi connectivity index (χ1) is 21.9. The van der Waals surface area contributed by atoms with Crippen LogP contribution in [-0.2, 0) is 24.9 Å². The van der Waals surface area contributed by atoms with Crippen LogP contribution in [0.1, 0.15) is 87.3 Å². The van der Waals surface area contributed by atoms with Gasteiger partial charge in [-0.25, -0.2) is 0 Å². The maximum absolute atomic E-state index is 12.3. The summed E-state index contributed by atoms with van der Waals surface area (Å²) in [6, 6.07) is 20.5. The van der Waals surface area contributed by atoms with Gasteiger partial charge in [0.25, 0.3) is 0 Å². The summed E-state index contributed by atoms with van der Waals surface area (Å²) in [5, 5.41) is 14.9. The van der Waals surface area contributed by atoms with Crippen molar-refractivity contribution in [3.05, 3.63) is 83.8 Å². The van der Waals surface area contributed by atoms with E-state index in [0.29, 0.717) is 30.3 Å². The largest absolute Gasteiger partial charge is 0.512 e. The molecule has 0 bridgehead atoms. The minimum Gasteiger partial charge on any atom is -0.512 e. The molecule has 0 spiro atoms. The zero-order chi connectivity index (χ0) is 35.2. The minimum absolute atomic E-state index is 0. The van der Waals surface area contributed by atoms with Gasteiger partial charge >= 0.3 is 0 Å². The van der Waals surface area contributed by atoms with Gasteiger partial charge in [0.2, 0.25) is 0 Å². The molecule has 1 heterocycles. The molecule has 48 heavy (non-hydrogen) atoms. The Labute approximate surface area is 304 Å². The van der Waals surface area contributed by atoms with Crippen LogP contribution in [0, 0.1) is 60.8 Å². The van der Waals surface area contributed by atoms with Crippen LogP contribution in [0.5, 0.6) is 5.75 Å². The Morgan fingerprint density at radius 2 is 1.38 bits per heavy atom. The Morgan fingerprint density at radius 3 is 1.92 bits per heavy atom. The molecule has 263 valence electrons. The first-order valence-electron chi connectivity index (χ1n) is 17.3. The number of carbonyl (C=O) groups excluding carboxylic acids is 1. The monoisotopic (exact) mass is 829 g/mol. The quantitative estimate of drug-likeness (QED) is 0.0749. The second kappa shape index (κ2) is 17.6. The molecule has 4 nitrogen and oxygen atoms in total. The SMILES string of the molecule is CC(C)C(C(=O)/C=C(\O)C(C(C)C)C(C)C)C(C)C.Cc1[c-]c(-c2nccc3c2ccc2c(OCC(C)(C)C)cccc23)cc(C)c1.[Ir]. The van der Waals surface area contributed by atoms with Gasteiger partial charge in [0.15, 0.2) is 5.78 Å². The van der Waals surface area contributed by atoms with Crippen molar-refractivity contribution in [1.82, 2.24) is 4.98 Å². The Hall–Kier alpha value is -3.01. The molecular weight excluding hydrogens is 771 g/mol. The molecule has 4 aromatic rings. The number of pyridine rings is 1. The van der Waals surface area contributed by atoms with Gasteiger partial charge in [-0.2, -0.15) is 0 Å². The Balaban J connectivity index is 0.000000355. The molecule has 3 aromatic carbocycles. The van der Waals surface area contributed by atoms with Crippen molar-refractivity contribution in [2.45, 2.75) is 90.0 Å². The van der Waals surface area contributed by atoms with Crippen molar-refractivity contribution in [2.75, 3.05) is 6.61 Å². The summed E-state index contributed by atoms with van der Waals surface area (Å²) in [4.78, 5) is 17.0. The summed E-state index contributed by atoms with van der Waals surface area (Å²) in [7, 11) is 0. The van der Waals surface area contributed by atoms with Gasteiger partial charge in [0.05, 0.1) is 12.4 Å². The van der Waals surface area contributed by atoms with E-state index in [1.165, 1.54) is 22.4 Å². The number of ether oxygens (including phenoxy) is 1. The predicted octanol–water partition coefficient (Wildman–Crippen LogP) is 11.7. The van der Waals surface area contributed by atoms with E-state index < -0.39 is 0 Å². The number of aryl methyl sites for hydroxylation is 2. The van der Waals surface area contributed by atoms with Crippen LogP contribution in [0.2, 0.25) is 0 Å². The Bertz CT molecular complexity index is 1660. The van der Waals surface area contributed by atoms with Gasteiger partial charge in [0, 0.05) is 49.6 Å². The van der Waals surface area contributed by atoms with Crippen LogP contribution in [-0.4, -0.2) is 22.5 Å². The molecular formula is C43H58IrNO3-. The second-order valence-electron chi connectivity index (χ2n) is 15.8. The van der Waals surface area contributed by atoms with Crippen molar-refractivity contribution < 1.29 is 34.7 Å². The molecule has 0 aliphatic rings. The van der Waals surface area contributed by atoms with Gasteiger partial charge in [-0.15, -0.1) is 34.9 Å². The molecule has 0 saturated heterocycles. The molecule has 1 aromatic heterocycles. The Kier molecular flexibility index (Phi) is 15.1. The summed E-state index contributed by atoms with van der Waals surface area (Å²) in [5.74, 6) is 2.56. The molecule has 4 rings (SSSR count). The third-order valence-electron chi connectivity index (χ3n) is 8.66. The fourth-order valence-corrected chi connectivity index (χ4v) is 6.87.